The molecule has 1 nitrogen and oxygen atoms in total. The molecular weight excluding hydrogens is 260 g/mol. The summed E-state index contributed by atoms with van der Waals surface area (Å²) in [6, 6.07) is 10.1. The molecular formula is C13H10Cl2FN. The molecule has 0 unspecified atom stereocenters. The van der Waals surface area contributed by atoms with Crippen LogP contribution >= 0.6 is 23.2 Å². The van der Waals surface area contributed by atoms with E-state index in [0.29, 0.717) is 11.6 Å². The average Bonchev–Trinajstić information content (AvgIpc) is 2.32. The standard InChI is InChI=1S/C13H10Cl2FN/c14-11-5-8(1-2-10(11)7-17)9-3-4-13(16)12(15)6-9/h1-6H,7,17H2. The highest BCUT2D eigenvalue weighted by atomic mass is 35.5. The lowest BCUT2D eigenvalue weighted by molar-refractivity contribution is 0.628. The van der Waals surface area contributed by atoms with Crippen LogP contribution in [0.2, 0.25) is 10.0 Å². The summed E-state index contributed by atoms with van der Waals surface area (Å²) in [6.45, 7) is 0.392. The van der Waals surface area contributed by atoms with Crippen LogP contribution in [0.4, 0.5) is 4.39 Å². The number of halogens is 3. The van der Waals surface area contributed by atoms with Crippen molar-refractivity contribution < 1.29 is 4.39 Å². The van der Waals surface area contributed by atoms with Crippen molar-refractivity contribution in [2.45, 2.75) is 6.54 Å². The molecule has 0 bridgehead atoms. The van der Waals surface area contributed by atoms with Crippen molar-refractivity contribution in [2.24, 2.45) is 5.73 Å². The van der Waals surface area contributed by atoms with Gasteiger partial charge in [-0.15, -0.1) is 0 Å². The van der Waals surface area contributed by atoms with E-state index in [-0.39, 0.29) is 5.02 Å². The molecule has 0 spiro atoms. The maximum absolute atomic E-state index is 13.0. The summed E-state index contributed by atoms with van der Waals surface area (Å²) >= 11 is 11.8. The summed E-state index contributed by atoms with van der Waals surface area (Å²) in [5.41, 5.74) is 8.11. The molecule has 0 aromatic heterocycles. The second kappa shape index (κ2) is 5.05. The highest BCUT2D eigenvalue weighted by molar-refractivity contribution is 6.32. The van der Waals surface area contributed by atoms with Crippen molar-refractivity contribution in [1.29, 1.82) is 0 Å². The van der Waals surface area contributed by atoms with Crippen LogP contribution in [-0.4, -0.2) is 0 Å². The molecule has 0 saturated heterocycles. The summed E-state index contributed by atoms with van der Waals surface area (Å²) in [6.07, 6.45) is 0. The van der Waals surface area contributed by atoms with Gasteiger partial charge < -0.3 is 5.73 Å². The van der Waals surface area contributed by atoms with Crippen LogP contribution in [0.15, 0.2) is 36.4 Å². The molecule has 0 fully saturated rings. The monoisotopic (exact) mass is 269 g/mol. The van der Waals surface area contributed by atoms with Crippen LogP contribution in [0.3, 0.4) is 0 Å². The molecule has 0 amide bonds. The number of rotatable bonds is 2. The highest BCUT2D eigenvalue weighted by Crippen LogP contribution is 2.28. The molecule has 0 radical (unpaired) electrons. The lowest BCUT2D eigenvalue weighted by Crippen LogP contribution is -1.96. The number of hydrogen-bond acceptors (Lipinski definition) is 1. The van der Waals surface area contributed by atoms with Crippen LogP contribution in [0.25, 0.3) is 11.1 Å². The Morgan fingerprint density at radius 3 is 2.06 bits per heavy atom. The Kier molecular flexibility index (Phi) is 3.67. The number of nitrogens with two attached hydrogens (primary N) is 1. The predicted molar refractivity (Wildman–Crippen MR) is 69.7 cm³/mol. The summed E-state index contributed by atoms with van der Waals surface area (Å²) in [4.78, 5) is 0. The van der Waals surface area contributed by atoms with E-state index in [1.807, 2.05) is 12.1 Å². The van der Waals surface area contributed by atoms with Crippen molar-refractivity contribution in [3.05, 3.63) is 57.8 Å². The fraction of sp³-hybridized carbons (Fsp3) is 0.0769. The second-order valence-electron chi connectivity index (χ2n) is 3.64. The first-order valence-corrected chi connectivity index (χ1v) is 5.81. The van der Waals surface area contributed by atoms with Gasteiger partial charge in [0.1, 0.15) is 5.82 Å². The van der Waals surface area contributed by atoms with Gasteiger partial charge in [-0.25, -0.2) is 4.39 Å². The number of benzene rings is 2. The SMILES string of the molecule is NCc1ccc(-c2ccc(F)c(Cl)c2)cc1Cl. The fourth-order valence-electron chi connectivity index (χ4n) is 1.57. The minimum Gasteiger partial charge on any atom is -0.326 e. The minimum atomic E-state index is -0.430. The van der Waals surface area contributed by atoms with Crippen LogP contribution in [0.1, 0.15) is 5.56 Å². The smallest absolute Gasteiger partial charge is 0.141 e. The van der Waals surface area contributed by atoms with Gasteiger partial charge >= 0.3 is 0 Å². The topological polar surface area (TPSA) is 26.0 Å². The normalized spacial score (nSPS) is 10.6. The van der Waals surface area contributed by atoms with Crippen LogP contribution in [-0.2, 0) is 6.54 Å². The third kappa shape index (κ3) is 2.60. The van der Waals surface area contributed by atoms with E-state index in [2.05, 4.69) is 0 Å². The van der Waals surface area contributed by atoms with E-state index in [4.69, 9.17) is 28.9 Å². The first-order valence-electron chi connectivity index (χ1n) is 5.05. The molecule has 0 aliphatic carbocycles. The lowest BCUT2D eigenvalue weighted by atomic mass is 10.0. The van der Waals surface area contributed by atoms with E-state index in [0.717, 1.165) is 16.7 Å². The van der Waals surface area contributed by atoms with Gasteiger partial charge in [-0.05, 0) is 34.9 Å². The summed E-state index contributed by atoms with van der Waals surface area (Å²) in [5, 5.41) is 0.701. The Labute approximate surface area is 109 Å². The van der Waals surface area contributed by atoms with Gasteiger partial charge in [-0.2, -0.15) is 0 Å². The average molecular weight is 270 g/mol. The largest absolute Gasteiger partial charge is 0.326 e. The molecule has 88 valence electrons. The Hall–Kier alpha value is -1.09. The van der Waals surface area contributed by atoms with Gasteiger partial charge in [0.2, 0.25) is 0 Å². The van der Waals surface area contributed by atoms with Crippen molar-refractivity contribution in [1.82, 2.24) is 0 Å². The maximum atomic E-state index is 13.0. The summed E-state index contributed by atoms with van der Waals surface area (Å²) in [7, 11) is 0. The zero-order chi connectivity index (χ0) is 12.4. The van der Waals surface area contributed by atoms with E-state index in [9.17, 15) is 4.39 Å². The third-order valence-corrected chi connectivity index (χ3v) is 3.17. The molecule has 0 atom stereocenters. The zero-order valence-electron chi connectivity index (χ0n) is 8.88. The lowest BCUT2D eigenvalue weighted by Gasteiger charge is -2.06. The zero-order valence-corrected chi connectivity index (χ0v) is 10.4. The molecule has 2 aromatic carbocycles. The minimum absolute atomic E-state index is 0.0986. The first kappa shape index (κ1) is 12.4. The first-order chi connectivity index (χ1) is 8.11. The van der Waals surface area contributed by atoms with Gasteiger partial charge in [-0.3, -0.25) is 0 Å². The van der Waals surface area contributed by atoms with Crippen molar-refractivity contribution >= 4 is 23.2 Å². The second-order valence-corrected chi connectivity index (χ2v) is 4.45. The quantitative estimate of drug-likeness (QED) is 0.866. The molecule has 17 heavy (non-hydrogen) atoms. The Balaban J connectivity index is 2.46. The molecule has 2 N–H and O–H groups in total. The Morgan fingerprint density at radius 2 is 1.53 bits per heavy atom. The molecule has 0 aliphatic heterocycles. The van der Waals surface area contributed by atoms with Crippen LogP contribution in [0.5, 0.6) is 0 Å². The van der Waals surface area contributed by atoms with Gasteiger partial charge in [0.25, 0.3) is 0 Å². The van der Waals surface area contributed by atoms with Gasteiger partial charge in [0.05, 0.1) is 5.02 Å². The molecule has 4 heteroatoms. The third-order valence-electron chi connectivity index (χ3n) is 2.53. The van der Waals surface area contributed by atoms with Crippen molar-refractivity contribution in [3.8, 4) is 11.1 Å². The molecule has 0 saturated carbocycles. The number of hydrogen-bond donors (Lipinski definition) is 1. The Bertz CT molecular complexity index is 555. The van der Waals surface area contributed by atoms with Crippen molar-refractivity contribution in [2.75, 3.05) is 0 Å². The van der Waals surface area contributed by atoms with Crippen LogP contribution < -0.4 is 5.73 Å². The van der Waals surface area contributed by atoms with E-state index >= 15 is 0 Å². The Morgan fingerprint density at radius 1 is 0.941 bits per heavy atom. The highest BCUT2D eigenvalue weighted by Gasteiger charge is 2.05. The van der Waals surface area contributed by atoms with Gasteiger partial charge in [0.15, 0.2) is 0 Å². The molecule has 0 aliphatic rings. The van der Waals surface area contributed by atoms with E-state index < -0.39 is 5.82 Å². The molecule has 2 rings (SSSR count). The predicted octanol–water partition coefficient (Wildman–Crippen LogP) is 4.26. The summed E-state index contributed by atoms with van der Waals surface area (Å²) < 4.78 is 13.0. The van der Waals surface area contributed by atoms with Crippen molar-refractivity contribution in [3.63, 3.8) is 0 Å². The van der Waals surface area contributed by atoms with Gasteiger partial charge in [-0.1, -0.05) is 41.4 Å². The van der Waals surface area contributed by atoms with E-state index in [1.165, 1.54) is 6.07 Å². The maximum Gasteiger partial charge on any atom is 0.141 e. The fourth-order valence-corrected chi connectivity index (χ4v) is 2.01. The van der Waals surface area contributed by atoms with Crippen LogP contribution in [0, 0.1) is 5.82 Å². The summed E-state index contributed by atoms with van der Waals surface area (Å²) in [5.74, 6) is -0.430. The molecule has 2 aromatic rings. The molecule has 0 heterocycles. The van der Waals surface area contributed by atoms with E-state index in [1.54, 1.807) is 18.2 Å². The van der Waals surface area contributed by atoms with Gasteiger partial charge in [0, 0.05) is 11.6 Å².